The number of likely N-dealkylation sites (N-methyl/N-ethyl adjacent to an activating group) is 1. The van der Waals surface area contributed by atoms with E-state index in [9.17, 15) is 9.59 Å². The highest BCUT2D eigenvalue weighted by Crippen LogP contribution is 2.30. The van der Waals surface area contributed by atoms with Gasteiger partial charge in [-0.2, -0.15) is 4.98 Å². The normalized spacial score (nSPS) is 11.7. The Kier molecular flexibility index (Phi) is 8.86. The van der Waals surface area contributed by atoms with Gasteiger partial charge in [-0.1, -0.05) is 59.5 Å². The molecule has 0 radical (unpaired) electrons. The second-order valence-electron chi connectivity index (χ2n) is 7.26. The van der Waals surface area contributed by atoms with Crippen molar-refractivity contribution in [3.8, 4) is 5.88 Å². The van der Waals surface area contributed by atoms with E-state index in [1.54, 1.807) is 38.1 Å². The van der Waals surface area contributed by atoms with Crippen molar-refractivity contribution in [1.82, 2.24) is 10.3 Å². The van der Waals surface area contributed by atoms with Gasteiger partial charge in [0.2, 0.25) is 5.88 Å². The third-order valence-corrected chi connectivity index (χ3v) is 5.16. The third kappa shape index (κ3) is 6.34. The van der Waals surface area contributed by atoms with Gasteiger partial charge in [0.15, 0.2) is 5.71 Å². The second-order valence-corrected chi connectivity index (χ2v) is 8.03. The molecule has 172 valence electrons. The van der Waals surface area contributed by atoms with Crippen molar-refractivity contribution >= 4 is 40.8 Å². The zero-order valence-corrected chi connectivity index (χ0v) is 20.0. The van der Waals surface area contributed by atoms with Crippen LogP contribution in [0.4, 0.5) is 0 Å². The Labute approximate surface area is 196 Å². The summed E-state index contributed by atoms with van der Waals surface area (Å²) >= 11 is 12.5. The minimum Gasteiger partial charge on any atom is -0.472 e. The van der Waals surface area contributed by atoms with Crippen LogP contribution in [0.2, 0.25) is 10.2 Å². The summed E-state index contributed by atoms with van der Waals surface area (Å²) in [5, 5.41) is 6.32. The number of aromatic nitrogens is 1. The lowest BCUT2D eigenvalue weighted by Gasteiger charge is -2.23. The van der Waals surface area contributed by atoms with Gasteiger partial charge in [0.1, 0.15) is 29.5 Å². The number of nitrogens with one attached hydrogen (secondary N) is 1. The number of benzene rings is 1. The molecule has 0 aliphatic heterocycles. The van der Waals surface area contributed by atoms with Crippen LogP contribution < -0.4 is 10.1 Å². The number of hydrogen-bond donors (Lipinski definition) is 1. The number of carbonyl (C=O) groups excluding carboxylic acids is 2. The Morgan fingerprint density at radius 2 is 1.88 bits per heavy atom. The van der Waals surface area contributed by atoms with E-state index in [4.69, 9.17) is 37.5 Å². The maximum atomic E-state index is 12.4. The lowest BCUT2D eigenvalue weighted by molar-refractivity contribution is -0.114. The number of pyridine rings is 1. The van der Waals surface area contributed by atoms with Crippen LogP contribution in [0.25, 0.3) is 0 Å². The molecule has 2 rings (SSSR count). The van der Waals surface area contributed by atoms with Crippen LogP contribution in [-0.2, 0) is 21.0 Å². The van der Waals surface area contributed by atoms with Crippen LogP contribution >= 0.6 is 23.2 Å². The molecule has 10 heteroatoms. The Hall–Kier alpha value is -2.84. The monoisotopic (exact) mass is 481 g/mol. The topological polar surface area (TPSA) is 99.1 Å². The van der Waals surface area contributed by atoms with Crippen molar-refractivity contribution in [3.05, 3.63) is 57.2 Å². The first-order valence-corrected chi connectivity index (χ1v) is 10.5. The molecule has 8 nitrogen and oxygen atoms in total. The fraction of sp³-hybridized carbons (Fsp3) is 0.364. The summed E-state index contributed by atoms with van der Waals surface area (Å²) in [5.74, 6) is -1.02. The summed E-state index contributed by atoms with van der Waals surface area (Å²) < 4.78 is 11.2. The summed E-state index contributed by atoms with van der Waals surface area (Å²) in [6.45, 7) is 5.50. The van der Waals surface area contributed by atoms with Gasteiger partial charge in [0.25, 0.3) is 5.91 Å². The average molecular weight is 482 g/mol. The van der Waals surface area contributed by atoms with Gasteiger partial charge in [-0.25, -0.2) is 4.79 Å². The molecular weight excluding hydrogens is 457 g/mol. The maximum absolute atomic E-state index is 12.4. The van der Waals surface area contributed by atoms with E-state index < -0.39 is 17.5 Å². The molecule has 0 fully saturated rings. The van der Waals surface area contributed by atoms with Crippen LogP contribution in [0.5, 0.6) is 5.88 Å². The molecule has 1 N–H and O–H groups in total. The smallest absolute Gasteiger partial charge is 0.341 e. The van der Waals surface area contributed by atoms with Crippen LogP contribution in [-0.4, -0.2) is 42.3 Å². The minimum atomic E-state index is -0.655. The number of rotatable bonds is 9. The molecule has 0 bridgehead atoms. The zero-order valence-electron chi connectivity index (χ0n) is 18.5. The number of amides is 1. The number of halogens is 2. The quantitative estimate of drug-likeness (QED) is 0.246. The molecule has 1 heterocycles. The number of ether oxygens (including phenoxy) is 2. The molecule has 0 saturated carbocycles. The number of esters is 1. The molecule has 32 heavy (non-hydrogen) atoms. The largest absolute Gasteiger partial charge is 0.472 e. The van der Waals surface area contributed by atoms with E-state index in [1.807, 2.05) is 6.92 Å². The Morgan fingerprint density at radius 1 is 1.19 bits per heavy atom. The van der Waals surface area contributed by atoms with Crippen LogP contribution in [0, 0.1) is 0 Å². The molecule has 0 saturated heterocycles. The van der Waals surface area contributed by atoms with Crippen molar-refractivity contribution in [1.29, 1.82) is 0 Å². The molecule has 1 aromatic carbocycles. The number of hydrogen-bond acceptors (Lipinski definition) is 7. The van der Waals surface area contributed by atoms with Crippen molar-refractivity contribution in [3.63, 3.8) is 0 Å². The molecular formula is C22H25Cl2N3O5. The SMILES string of the molecule is CCC(C)(C)OC(=O)c1cc(Cl)c(OCc2ccccc2C(=NOC)C(=O)NC)nc1Cl. The molecule has 0 aliphatic rings. The predicted molar refractivity (Wildman–Crippen MR) is 122 cm³/mol. The van der Waals surface area contributed by atoms with Crippen molar-refractivity contribution in [2.45, 2.75) is 39.4 Å². The fourth-order valence-electron chi connectivity index (χ4n) is 2.52. The van der Waals surface area contributed by atoms with Crippen LogP contribution in [0.1, 0.15) is 48.7 Å². The van der Waals surface area contributed by atoms with E-state index in [0.29, 0.717) is 17.5 Å². The van der Waals surface area contributed by atoms with Gasteiger partial charge >= 0.3 is 5.97 Å². The Balaban J connectivity index is 2.28. The summed E-state index contributed by atoms with van der Waals surface area (Å²) in [4.78, 5) is 33.5. The van der Waals surface area contributed by atoms with E-state index in [1.165, 1.54) is 20.2 Å². The highest BCUT2D eigenvalue weighted by atomic mass is 35.5. The molecule has 0 aliphatic carbocycles. The van der Waals surface area contributed by atoms with Gasteiger partial charge in [-0.3, -0.25) is 4.79 Å². The summed E-state index contributed by atoms with van der Waals surface area (Å²) in [6, 6.07) is 8.37. The first kappa shape index (κ1) is 25.4. The van der Waals surface area contributed by atoms with E-state index >= 15 is 0 Å². The maximum Gasteiger partial charge on any atom is 0.341 e. The first-order valence-electron chi connectivity index (χ1n) is 9.77. The van der Waals surface area contributed by atoms with Crippen molar-refractivity contribution < 1.29 is 23.9 Å². The molecule has 1 amide bonds. The number of nitrogens with zero attached hydrogens (tertiary/aromatic N) is 2. The first-order chi connectivity index (χ1) is 15.1. The second kappa shape index (κ2) is 11.2. The van der Waals surface area contributed by atoms with Crippen molar-refractivity contribution in [2.24, 2.45) is 5.16 Å². The Bertz CT molecular complexity index is 1020. The highest BCUT2D eigenvalue weighted by Gasteiger charge is 2.25. The van der Waals surface area contributed by atoms with Gasteiger partial charge < -0.3 is 19.6 Å². The molecule has 0 spiro atoms. The summed E-state index contributed by atoms with van der Waals surface area (Å²) in [7, 11) is 2.84. The minimum absolute atomic E-state index is 0.00557. The number of carbonyl (C=O) groups is 2. The molecule has 0 atom stereocenters. The van der Waals surface area contributed by atoms with E-state index in [0.717, 1.165) is 0 Å². The lowest BCUT2D eigenvalue weighted by Crippen LogP contribution is -2.29. The van der Waals surface area contributed by atoms with E-state index in [2.05, 4.69) is 15.5 Å². The molecule has 1 aromatic heterocycles. The van der Waals surface area contributed by atoms with Crippen molar-refractivity contribution in [2.75, 3.05) is 14.2 Å². The molecule has 0 unspecified atom stereocenters. The molecule has 2 aromatic rings. The zero-order chi connectivity index (χ0) is 23.9. The van der Waals surface area contributed by atoms with Gasteiger partial charge in [0.05, 0.1) is 5.56 Å². The average Bonchev–Trinajstić information content (AvgIpc) is 2.77. The Morgan fingerprint density at radius 3 is 2.50 bits per heavy atom. The van der Waals surface area contributed by atoms with Crippen LogP contribution in [0.3, 0.4) is 0 Å². The summed E-state index contributed by atoms with van der Waals surface area (Å²) in [5.41, 5.74) is 0.618. The predicted octanol–water partition coefficient (Wildman–Crippen LogP) is 4.41. The van der Waals surface area contributed by atoms with Crippen LogP contribution in [0.15, 0.2) is 35.5 Å². The third-order valence-electron chi connectivity index (χ3n) is 4.60. The number of oxime groups is 1. The summed E-state index contributed by atoms with van der Waals surface area (Å²) in [6.07, 6.45) is 0.628. The van der Waals surface area contributed by atoms with Gasteiger partial charge in [0, 0.05) is 12.6 Å². The van der Waals surface area contributed by atoms with E-state index in [-0.39, 0.29) is 33.9 Å². The van der Waals surface area contributed by atoms with Gasteiger partial charge in [-0.05, 0) is 31.9 Å². The van der Waals surface area contributed by atoms with Gasteiger partial charge in [-0.15, -0.1) is 0 Å². The highest BCUT2D eigenvalue weighted by molar-refractivity contribution is 6.45. The fourth-order valence-corrected chi connectivity index (χ4v) is 2.93. The standard InChI is InChI=1S/C22H25Cl2N3O5/c1-6-22(2,3)32-21(29)15-11-16(23)20(26-18(15)24)31-12-13-9-7-8-10-14(13)17(27-30-5)19(28)25-4/h7-11H,6,12H2,1-5H3,(H,25,28). The lowest BCUT2D eigenvalue weighted by atomic mass is 10.0.